The second-order valence-electron chi connectivity index (χ2n) is 4.12. The number of carbonyl (C=O) groups is 1. The third-order valence-electron chi connectivity index (χ3n) is 2.68. The molecule has 1 aromatic heterocycles. The maximum Gasteiger partial charge on any atom is 0.262 e. The number of amides is 1. The van der Waals surface area contributed by atoms with Crippen molar-refractivity contribution in [2.24, 2.45) is 0 Å². The van der Waals surface area contributed by atoms with E-state index in [1.165, 1.54) is 11.8 Å². The van der Waals surface area contributed by atoms with Gasteiger partial charge < -0.3 is 15.8 Å². The van der Waals surface area contributed by atoms with Crippen LogP contribution in [0.15, 0.2) is 44.9 Å². The molecular formula is C13H10BrN3O2S. The Morgan fingerprint density at radius 2 is 2.30 bits per heavy atom. The first-order valence-corrected chi connectivity index (χ1v) is 7.39. The summed E-state index contributed by atoms with van der Waals surface area (Å²) in [4.78, 5) is 16.4. The lowest BCUT2D eigenvalue weighted by molar-refractivity contribution is -0.118. The van der Waals surface area contributed by atoms with Crippen LogP contribution >= 0.6 is 27.7 Å². The van der Waals surface area contributed by atoms with Crippen LogP contribution in [-0.2, 0) is 4.79 Å². The van der Waals surface area contributed by atoms with Gasteiger partial charge in [0.15, 0.2) is 6.61 Å². The number of ether oxygens (including phenoxy) is 1. The molecule has 1 aliphatic heterocycles. The number of hydrogen-bond acceptors (Lipinski definition) is 5. The van der Waals surface area contributed by atoms with E-state index < -0.39 is 0 Å². The summed E-state index contributed by atoms with van der Waals surface area (Å²) >= 11 is 4.87. The van der Waals surface area contributed by atoms with Gasteiger partial charge >= 0.3 is 0 Å². The Hall–Kier alpha value is -1.73. The Balaban J connectivity index is 1.96. The van der Waals surface area contributed by atoms with Gasteiger partial charge in [-0.25, -0.2) is 4.98 Å². The highest BCUT2D eigenvalue weighted by Crippen LogP contribution is 2.40. The highest BCUT2D eigenvalue weighted by Gasteiger charge is 2.18. The van der Waals surface area contributed by atoms with Gasteiger partial charge in [-0.3, -0.25) is 4.79 Å². The van der Waals surface area contributed by atoms with Crippen molar-refractivity contribution in [3.05, 3.63) is 34.9 Å². The Morgan fingerprint density at radius 3 is 3.10 bits per heavy atom. The highest BCUT2D eigenvalue weighted by molar-refractivity contribution is 9.10. The van der Waals surface area contributed by atoms with Crippen LogP contribution in [0.3, 0.4) is 0 Å². The predicted octanol–water partition coefficient (Wildman–Crippen LogP) is 2.91. The Labute approximate surface area is 128 Å². The van der Waals surface area contributed by atoms with E-state index in [0.29, 0.717) is 17.1 Å². The van der Waals surface area contributed by atoms with Gasteiger partial charge in [0, 0.05) is 22.8 Å². The van der Waals surface area contributed by atoms with Crippen LogP contribution in [0.1, 0.15) is 0 Å². The number of pyridine rings is 1. The lowest BCUT2D eigenvalue weighted by Gasteiger charge is -2.19. The van der Waals surface area contributed by atoms with Crippen molar-refractivity contribution in [3.63, 3.8) is 0 Å². The molecule has 1 aliphatic rings. The summed E-state index contributed by atoms with van der Waals surface area (Å²) in [5.74, 6) is 0.420. The number of fused-ring (bicyclic) bond motifs is 1. The second-order valence-corrected chi connectivity index (χ2v) is 6.00. The molecule has 1 amide bonds. The van der Waals surface area contributed by atoms with Gasteiger partial charge in [-0.15, -0.1) is 0 Å². The van der Waals surface area contributed by atoms with Crippen LogP contribution in [0.25, 0.3) is 0 Å². The van der Waals surface area contributed by atoms with E-state index >= 15 is 0 Å². The van der Waals surface area contributed by atoms with Crippen molar-refractivity contribution in [1.82, 2.24) is 4.98 Å². The second kappa shape index (κ2) is 5.34. The molecule has 5 nitrogen and oxygen atoms in total. The number of nitrogens with one attached hydrogen (secondary N) is 1. The number of anilines is 2. The van der Waals surface area contributed by atoms with Crippen molar-refractivity contribution in [1.29, 1.82) is 0 Å². The molecule has 0 spiro atoms. The van der Waals surface area contributed by atoms with Crippen molar-refractivity contribution < 1.29 is 9.53 Å². The summed E-state index contributed by atoms with van der Waals surface area (Å²) < 4.78 is 6.21. The fourth-order valence-corrected chi connectivity index (χ4v) is 3.10. The molecule has 0 atom stereocenters. The average Bonchev–Trinajstić information content (AvgIpc) is 2.42. The molecule has 1 aromatic carbocycles. The number of nitrogens with two attached hydrogens (primary N) is 1. The summed E-state index contributed by atoms with van der Waals surface area (Å²) in [6.07, 6.45) is 1.71. The van der Waals surface area contributed by atoms with E-state index in [9.17, 15) is 4.79 Å². The van der Waals surface area contributed by atoms with E-state index in [2.05, 4.69) is 26.2 Å². The van der Waals surface area contributed by atoms with E-state index in [0.717, 1.165) is 14.4 Å². The summed E-state index contributed by atoms with van der Waals surface area (Å²) in [6.45, 7) is 0.0186. The fraction of sp³-hybridized carbons (Fsp3) is 0.0769. The smallest absolute Gasteiger partial charge is 0.262 e. The molecule has 102 valence electrons. The number of nitrogen functional groups attached to an aromatic ring is 1. The average molecular weight is 352 g/mol. The van der Waals surface area contributed by atoms with Gasteiger partial charge in [-0.1, -0.05) is 11.8 Å². The minimum atomic E-state index is -0.169. The van der Waals surface area contributed by atoms with Gasteiger partial charge in [0.1, 0.15) is 10.8 Å². The normalized spacial score (nSPS) is 13.3. The van der Waals surface area contributed by atoms with Gasteiger partial charge in [0.25, 0.3) is 5.91 Å². The molecule has 2 heterocycles. The molecule has 2 aromatic rings. The van der Waals surface area contributed by atoms with Crippen LogP contribution in [0.2, 0.25) is 0 Å². The molecule has 0 unspecified atom stereocenters. The summed E-state index contributed by atoms with van der Waals surface area (Å²) in [5.41, 5.74) is 7.24. The Bertz CT molecular complexity index is 693. The summed E-state index contributed by atoms with van der Waals surface area (Å²) in [7, 11) is 0. The molecule has 0 bridgehead atoms. The number of benzene rings is 1. The van der Waals surface area contributed by atoms with Crippen LogP contribution in [-0.4, -0.2) is 17.5 Å². The topological polar surface area (TPSA) is 77.2 Å². The van der Waals surface area contributed by atoms with E-state index in [-0.39, 0.29) is 12.5 Å². The number of carbonyl (C=O) groups excluding carboxylic acids is 1. The van der Waals surface area contributed by atoms with Gasteiger partial charge in [-0.05, 0) is 34.1 Å². The third kappa shape index (κ3) is 2.59. The van der Waals surface area contributed by atoms with E-state index in [1.54, 1.807) is 18.3 Å². The zero-order valence-electron chi connectivity index (χ0n) is 10.2. The van der Waals surface area contributed by atoms with Crippen molar-refractivity contribution in [3.8, 4) is 5.75 Å². The molecule has 0 saturated heterocycles. The van der Waals surface area contributed by atoms with Crippen molar-refractivity contribution in [2.45, 2.75) is 9.92 Å². The van der Waals surface area contributed by atoms with Crippen LogP contribution in [0.5, 0.6) is 5.75 Å². The summed E-state index contributed by atoms with van der Waals surface area (Å²) in [5, 5.41) is 3.57. The van der Waals surface area contributed by atoms with Crippen LogP contribution in [0, 0.1) is 0 Å². The van der Waals surface area contributed by atoms with Gasteiger partial charge in [-0.2, -0.15) is 0 Å². The van der Waals surface area contributed by atoms with Crippen molar-refractivity contribution >= 4 is 45.0 Å². The standard InChI is InChI=1S/C13H10BrN3O2S/c14-7-2-1-3-16-13(7)20-11-5-9-10(4-8(11)15)19-6-12(18)17-9/h1-5H,6,15H2,(H,17,18). The zero-order valence-corrected chi connectivity index (χ0v) is 12.6. The molecule has 3 rings (SSSR count). The first kappa shape index (κ1) is 13.3. The first-order valence-electron chi connectivity index (χ1n) is 5.78. The highest BCUT2D eigenvalue weighted by atomic mass is 79.9. The van der Waals surface area contributed by atoms with Crippen molar-refractivity contribution in [2.75, 3.05) is 17.7 Å². The molecular weight excluding hydrogens is 342 g/mol. The maximum atomic E-state index is 11.3. The fourth-order valence-electron chi connectivity index (χ4n) is 1.76. The lowest BCUT2D eigenvalue weighted by Crippen LogP contribution is -2.25. The van der Waals surface area contributed by atoms with Crippen LogP contribution < -0.4 is 15.8 Å². The molecule has 20 heavy (non-hydrogen) atoms. The zero-order chi connectivity index (χ0) is 14.1. The van der Waals surface area contributed by atoms with E-state index in [1.807, 2.05) is 12.1 Å². The predicted molar refractivity (Wildman–Crippen MR) is 81.0 cm³/mol. The van der Waals surface area contributed by atoms with Crippen LogP contribution in [0.4, 0.5) is 11.4 Å². The molecule has 0 saturated carbocycles. The minimum absolute atomic E-state index is 0.0186. The molecule has 0 fully saturated rings. The minimum Gasteiger partial charge on any atom is -0.482 e. The maximum absolute atomic E-state index is 11.3. The number of aromatic nitrogens is 1. The monoisotopic (exact) mass is 351 g/mol. The first-order chi connectivity index (χ1) is 9.63. The molecule has 3 N–H and O–H groups in total. The van der Waals surface area contributed by atoms with Gasteiger partial charge in [0.2, 0.25) is 0 Å². The Kier molecular flexibility index (Phi) is 3.54. The number of nitrogens with zero attached hydrogens (tertiary/aromatic N) is 1. The van der Waals surface area contributed by atoms with E-state index in [4.69, 9.17) is 10.5 Å². The number of halogens is 1. The summed E-state index contributed by atoms with van der Waals surface area (Å²) in [6, 6.07) is 7.27. The Morgan fingerprint density at radius 1 is 1.45 bits per heavy atom. The molecule has 0 aliphatic carbocycles. The SMILES string of the molecule is Nc1cc2c(cc1Sc1ncccc1Br)NC(=O)CO2. The lowest BCUT2D eigenvalue weighted by atomic mass is 10.2. The molecule has 7 heteroatoms. The molecule has 0 radical (unpaired) electrons. The third-order valence-corrected chi connectivity index (χ3v) is 4.67. The number of hydrogen-bond donors (Lipinski definition) is 2. The van der Waals surface area contributed by atoms with Gasteiger partial charge in [0.05, 0.1) is 10.2 Å². The largest absolute Gasteiger partial charge is 0.482 e. The number of rotatable bonds is 2. The quantitative estimate of drug-likeness (QED) is 0.813.